The molecule has 1 aliphatic carbocycles. The summed E-state index contributed by atoms with van der Waals surface area (Å²) in [7, 11) is 3.34. The van der Waals surface area contributed by atoms with E-state index in [0.717, 1.165) is 52.9 Å². The lowest BCUT2D eigenvalue weighted by molar-refractivity contribution is 0.242. The van der Waals surface area contributed by atoms with Gasteiger partial charge in [-0.25, -0.2) is 4.39 Å². The highest BCUT2D eigenvalue weighted by Crippen LogP contribution is 2.34. The molecule has 0 atom stereocenters. The van der Waals surface area contributed by atoms with Gasteiger partial charge in [-0.05, 0) is 54.8 Å². The van der Waals surface area contributed by atoms with Crippen LogP contribution in [-0.4, -0.2) is 30.1 Å². The van der Waals surface area contributed by atoms with Crippen molar-refractivity contribution < 1.29 is 13.9 Å². The van der Waals surface area contributed by atoms with Gasteiger partial charge in [0.2, 0.25) is 0 Å². The molecule has 3 aromatic rings. The number of benzene rings is 2. The summed E-state index contributed by atoms with van der Waals surface area (Å²) >= 11 is 0. The molecule has 0 spiro atoms. The highest BCUT2D eigenvalue weighted by atomic mass is 19.1. The smallest absolute Gasteiger partial charge is 0.124 e. The highest BCUT2D eigenvalue weighted by Gasteiger charge is 2.30. The topological polar surface area (TPSA) is 34.6 Å². The van der Waals surface area contributed by atoms with Gasteiger partial charge >= 0.3 is 0 Å². The van der Waals surface area contributed by atoms with E-state index >= 15 is 0 Å². The van der Waals surface area contributed by atoms with Crippen LogP contribution >= 0.6 is 0 Å². The van der Waals surface area contributed by atoms with Crippen LogP contribution in [0.1, 0.15) is 24.0 Å². The van der Waals surface area contributed by atoms with Gasteiger partial charge in [-0.15, -0.1) is 0 Å². The lowest BCUT2D eigenvalue weighted by atomic mass is 10.1. The van der Waals surface area contributed by atoms with Gasteiger partial charge in [0, 0.05) is 36.3 Å². The predicted molar refractivity (Wildman–Crippen MR) is 104 cm³/mol. The Hall–Kier alpha value is -2.66. The third kappa shape index (κ3) is 3.88. The molecule has 5 heteroatoms. The van der Waals surface area contributed by atoms with Gasteiger partial charge in [-0.2, -0.15) is 0 Å². The average Bonchev–Trinajstić information content (AvgIpc) is 3.52. The minimum atomic E-state index is -0.222. The largest absolute Gasteiger partial charge is 0.497 e. The zero-order chi connectivity index (χ0) is 18.8. The van der Waals surface area contributed by atoms with Crippen molar-refractivity contribution in [3.63, 3.8) is 0 Å². The average molecular weight is 366 g/mol. The Morgan fingerprint density at radius 2 is 1.85 bits per heavy atom. The molecule has 0 radical (unpaired) electrons. The van der Waals surface area contributed by atoms with Crippen molar-refractivity contribution in [1.82, 2.24) is 9.88 Å². The van der Waals surface area contributed by atoms with Crippen LogP contribution in [0.3, 0.4) is 0 Å². The van der Waals surface area contributed by atoms with Crippen LogP contribution in [0.5, 0.6) is 11.5 Å². The molecule has 1 aromatic heterocycles. The zero-order valence-electron chi connectivity index (χ0n) is 15.6. The van der Waals surface area contributed by atoms with E-state index in [9.17, 15) is 4.39 Å². The third-order valence-electron chi connectivity index (χ3n) is 5.05. The first kappa shape index (κ1) is 17.7. The maximum absolute atomic E-state index is 14.1. The predicted octanol–water partition coefficient (Wildman–Crippen LogP) is 4.56. The summed E-state index contributed by atoms with van der Waals surface area (Å²) in [6, 6.07) is 13.2. The molecule has 1 heterocycles. The summed E-state index contributed by atoms with van der Waals surface area (Å²) in [6.07, 6.45) is 4.08. The van der Waals surface area contributed by atoms with Crippen molar-refractivity contribution >= 4 is 10.9 Å². The zero-order valence-corrected chi connectivity index (χ0v) is 15.6. The minimum absolute atomic E-state index is 0.222. The quantitative estimate of drug-likeness (QED) is 0.614. The van der Waals surface area contributed by atoms with Crippen molar-refractivity contribution in [2.24, 2.45) is 0 Å². The van der Waals surface area contributed by atoms with E-state index in [1.807, 2.05) is 30.3 Å². The van der Waals surface area contributed by atoms with Crippen molar-refractivity contribution in [3.05, 3.63) is 65.6 Å². The number of halogens is 1. The molecule has 140 valence electrons. The molecule has 0 bridgehead atoms. The standard InChI is InChI=1S/C22H23FN2O2/c1-26-20-7-8-21(27-2)16(12-20)13-25(19-5-6-19)14-17-11-18(23)10-15-4-3-9-24-22(15)17/h3-4,7-12,19H,5-6,13-14H2,1-2H3. The Morgan fingerprint density at radius 1 is 1.04 bits per heavy atom. The fraction of sp³-hybridized carbons (Fsp3) is 0.318. The number of nitrogens with zero attached hydrogens (tertiary/aromatic N) is 2. The molecule has 0 amide bonds. The number of aromatic nitrogens is 1. The molecular formula is C22H23FN2O2. The molecule has 0 aliphatic heterocycles. The molecule has 0 unspecified atom stereocenters. The summed E-state index contributed by atoms with van der Waals surface area (Å²) in [5.74, 6) is 1.42. The second-order valence-electron chi connectivity index (χ2n) is 6.95. The van der Waals surface area contributed by atoms with Crippen molar-refractivity contribution in [1.29, 1.82) is 0 Å². The summed E-state index contributed by atoms with van der Waals surface area (Å²) < 4.78 is 25.0. The normalized spacial score (nSPS) is 13.9. The van der Waals surface area contributed by atoms with Crippen LogP contribution in [0, 0.1) is 5.82 Å². The van der Waals surface area contributed by atoms with Crippen LogP contribution in [0.15, 0.2) is 48.7 Å². The Balaban J connectivity index is 1.66. The van der Waals surface area contributed by atoms with Crippen LogP contribution in [0.25, 0.3) is 10.9 Å². The molecular weight excluding hydrogens is 343 g/mol. The van der Waals surface area contributed by atoms with Crippen molar-refractivity contribution in [3.8, 4) is 11.5 Å². The third-order valence-corrected chi connectivity index (χ3v) is 5.05. The van der Waals surface area contributed by atoms with Crippen LogP contribution in [0.2, 0.25) is 0 Å². The Kier molecular flexibility index (Phi) is 4.94. The second kappa shape index (κ2) is 7.53. The van der Waals surface area contributed by atoms with Gasteiger partial charge in [-0.3, -0.25) is 9.88 Å². The fourth-order valence-corrected chi connectivity index (χ4v) is 3.54. The van der Waals surface area contributed by atoms with Gasteiger partial charge < -0.3 is 9.47 Å². The van der Waals surface area contributed by atoms with Crippen molar-refractivity contribution in [2.75, 3.05) is 14.2 Å². The van der Waals surface area contributed by atoms with Gasteiger partial charge in [-0.1, -0.05) is 6.07 Å². The van der Waals surface area contributed by atoms with E-state index in [1.165, 1.54) is 0 Å². The number of hydrogen-bond acceptors (Lipinski definition) is 4. The minimum Gasteiger partial charge on any atom is -0.497 e. The molecule has 4 rings (SSSR count). The monoisotopic (exact) mass is 366 g/mol. The number of fused-ring (bicyclic) bond motifs is 1. The van der Waals surface area contributed by atoms with E-state index < -0.39 is 0 Å². The highest BCUT2D eigenvalue weighted by molar-refractivity contribution is 5.81. The lowest BCUT2D eigenvalue weighted by Crippen LogP contribution is -2.25. The van der Waals surface area contributed by atoms with E-state index in [2.05, 4.69) is 9.88 Å². The van der Waals surface area contributed by atoms with Crippen LogP contribution < -0.4 is 9.47 Å². The molecule has 1 aliphatic rings. The molecule has 0 N–H and O–H groups in total. The summed E-state index contributed by atoms with van der Waals surface area (Å²) in [5, 5.41) is 0.835. The Morgan fingerprint density at radius 3 is 2.59 bits per heavy atom. The molecule has 0 saturated heterocycles. The van der Waals surface area contributed by atoms with Crippen molar-refractivity contribution in [2.45, 2.75) is 32.0 Å². The number of pyridine rings is 1. The number of hydrogen-bond donors (Lipinski definition) is 0. The first-order valence-corrected chi connectivity index (χ1v) is 9.16. The first-order valence-electron chi connectivity index (χ1n) is 9.16. The molecule has 1 fully saturated rings. The maximum Gasteiger partial charge on any atom is 0.124 e. The molecule has 1 saturated carbocycles. The van der Waals surface area contributed by atoms with Gasteiger partial charge in [0.15, 0.2) is 0 Å². The maximum atomic E-state index is 14.1. The summed E-state index contributed by atoms with van der Waals surface area (Å²) in [6.45, 7) is 1.37. The first-order chi connectivity index (χ1) is 13.2. The lowest BCUT2D eigenvalue weighted by Gasteiger charge is -2.24. The molecule has 27 heavy (non-hydrogen) atoms. The van der Waals surface area contributed by atoms with E-state index in [1.54, 1.807) is 32.5 Å². The van der Waals surface area contributed by atoms with E-state index in [-0.39, 0.29) is 5.82 Å². The van der Waals surface area contributed by atoms with E-state index in [4.69, 9.17) is 9.47 Å². The van der Waals surface area contributed by atoms with Gasteiger partial charge in [0.1, 0.15) is 17.3 Å². The van der Waals surface area contributed by atoms with Crippen LogP contribution in [0.4, 0.5) is 4.39 Å². The van der Waals surface area contributed by atoms with Gasteiger partial charge in [0.05, 0.1) is 19.7 Å². The Bertz CT molecular complexity index is 956. The number of rotatable bonds is 7. The number of ether oxygens (including phenoxy) is 2. The van der Waals surface area contributed by atoms with E-state index in [0.29, 0.717) is 12.6 Å². The van der Waals surface area contributed by atoms with Crippen LogP contribution in [-0.2, 0) is 13.1 Å². The fourth-order valence-electron chi connectivity index (χ4n) is 3.54. The Labute approximate surface area is 158 Å². The molecule has 4 nitrogen and oxygen atoms in total. The summed E-state index contributed by atoms with van der Waals surface area (Å²) in [5.41, 5.74) is 2.85. The van der Waals surface area contributed by atoms with Gasteiger partial charge in [0.25, 0.3) is 0 Å². The molecule has 2 aromatic carbocycles. The second-order valence-corrected chi connectivity index (χ2v) is 6.95. The SMILES string of the molecule is COc1ccc(OC)c(CN(Cc2cc(F)cc3cccnc23)C2CC2)c1. The number of methoxy groups -OCH3 is 2. The summed E-state index contributed by atoms with van der Waals surface area (Å²) in [4.78, 5) is 6.86.